The highest BCUT2D eigenvalue weighted by molar-refractivity contribution is 5.43. The maximum Gasteiger partial charge on any atom is 0.122 e. The van der Waals surface area contributed by atoms with Gasteiger partial charge in [-0.25, -0.2) is 0 Å². The molecule has 0 radical (unpaired) electrons. The molecule has 0 spiro atoms. The zero-order valence-electron chi connectivity index (χ0n) is 9.95. The number of nitrogens with two attached hydrogens (primary N) is 1. The minimum Gasteiger partial charge on any atom is -0.496 e. The summed E-state index contributed by atoms with van der Waals surface area (Å²) in [5.74, 6) is 0.951. The van der Waals surface area contributed by atoms with Crippen molar-refractivity contribution in [1.29, 1.82) is 0 Å². The smallest absolute Gasteiger partial charge is 0.122 e. The zero-order chi connectivity index (χ0) is 11.6. The molecule has 0 heterocycles. The second kappa shape index (κ2) is 4.44. The summed E-state index contributed by atoms with van der Waals surface area (Å²) in [4.78, 5) is 0. The van der Waals surface area contributed by atoms with Crippen LogP contribution in [0.2, 0.25) is 0 Å². The lowest BCUT2D eigenvalue weighted by Crippen LogP contribution is -2.44. The highest BCUT2D eigenvalue weighted by atomic mass is 16.5. The number of rotatable bonds is 3. The fourth-order valence-electron chi connectivity index (χ4n) is 2.44. The standard InChI is InChI=1S/C13H19NO2/c1-15-12-5-3-4-10-6-7-13(9-14,16-2)8-11(10)12/h3-5H,6-9,14H2,1-2H3. The van der Waals surface area contributed by atoms with Gasteiger partial charge in [-0.1, -0.05) is 12.1 Å². The van der Waals surface area contributed by atoms with E-state index in [9.17, 15) is 0 Å². The lowest BCUT2D eigenvalue weighted by atomic mass is 9.80. The largest absolute Gasteiger partial charge is 0.496 e. The van der Waals surface area contributed by atoms with Gasteiger partial charge < -0.3 is 15.2 Å². The first-order valence-corrected chi connectivity index (χ1v) is 5.64. The van der Waals surface area contributed by atoms with Gasteiger partial charge in [-0.15, -0.1) is 0 Å². The van der Waals surface area contributed by atoms with Crippen molar-refractivity contribution in [3.8, 4) is 5.75 Å². The third-order valence-electron chi connectivity index (χ3n) is 3.60. The first-order valence-electron chi connectivity index (χ1n) is 5.64. The Hall–Kier alpha value is -1.06. The van der Waals surface area contributed by atoms with Gasteiger partial charge >= 0.3 is 0 Å². The molecule has 3 nitrogen and oxygen atoms in total. The number of hydrogen-bond donors (Lipinski definition) is 1. The highest BCUT2D eigenvalue weighted by Crippen LogP contribution is 2.35. The Kier molecular flexibility index (Phi) is 3.17. The number of ether oxygens (including phenoxy) is 2. The van der Waals surface area contributed by atoms with E-state index in [2.05, 4.69) is 6.07 Å². The van der Waals surface area contributed by atoms with Gasteiger partial charge in [0, 0.05) is 25.6 Å². The summed E-state index contributed by atoms with van der Waals surface area (Å²) in [6.07, 6.45) is 2.84. The van der Waals surface area contributed by atoms with Crippen molar-refractivity contribution in [1.82, 2.24) is 0 Å². The van der Waals surface area contributed by atoms with E-state index in [0.29, 0.717) is 6.54 Å². The monoisotopic (exact) mass is 221 g/mol. The molecule has 2 N–H and O–H groups in total. The van der Waals surface area contributed by atoms with Crippen molar-refractivity contribution in [2.45, 2.75) is 24.9 Å². The summed E-state index contributed by atoms with van der Waals surface area (Å²) in [6.45, 7) is 0.557. The summed E-state index contributed by atoms with van der Waals surface area (Å²) in [6, 6.07) is 6.20. The van der Waals surface area contributed by atoms with E-state index < -0.39 is 0 Å². The third kappa shape index (κ3) is 1.81. The van der Waals surface area contributed by atoms with Gasteiger partial charge in [0.25, 0.3) is 0 Å². The lowest BCUT2D eigenvalue weighted by molar-refractivity contribution is -0.0139. The van der Waals surface area contributed by atoms with Gasteiger partial charge in [-0.2, -0.15) is 0 Å². The first-order chi connectivity index (χ1) is 7.74. The first kappa shape index (κ1) is 11.4. The number of benzene rings is 1. The SMILES string of the molecule is COc1cccc2c1CC(CN)(OC)CC2. The number of aryl methyl sites for hydroxylation is 1. The molecule has 1 aromatic rings. The van der Waals surface area contributed by atoms with Crippen LogP contribution in [0.25, 0.3) is 0 Å². The summed E-state index contributed by atoms with van der Waals surface area (Å²) in [5, 5.41) is 0. The van der Waals surface area contributed by atoms with Crippen LogP contribution < -0.4 is 10.5 Å². The molecule has 1 aliphatic rings. The second-order valence-electron chi connectivity index (χ2n) is 4.37. The Morgan fingerprint density at radius 2 is 2.19 bits per heavy atom. The maximum atomic E-state index is 5.83. The predicted molar refractivity (Wildman–Crippen MR) is 63.8 cm³/mol. The molecule has 0 amide bonds. The molecule has 0 fully saturated rings. The topological polar surface area (TPSA) is 44.5 Å². The molecule has 0 saturated carbocycles. The van der Waals surface area contributed by atoms with Crippen LogP contribution in [0.15, 0.2) is 18.2 Å². The molecule has 1 aromatic carbocycles. The number of methoxy groups -OCH3 is 2. The van der Waals surface area contributed by atoms with Crippen LogP contribution >= 0.6 is 0 Å². The Labute approximate surface area is 96.5 Å². The van der Waals surface area contributed by atoms with Crippen LogP contribution in [-0.2, 0) is 17.6 Å². The summed E-state index contributed by atoms with van der Waals surface area (Å²) in [5.41, 5.74) is 8.24. The van der Waals surface area contributed by atoms with E-state index in [4.69, 9.17) is 15.2 Å². The lowest BCUT2D eigenvalue weighted by Gasteiger charge is -2.36. The molecule has 16 heavy (non-hydrogen) atoms. The van der Waals surface area contributed by atoms with E-state index in [1.165, 1.54) is 11.1 Å². The molecule has 88 valence electrons. The van der Waals surface area contributed by atoms with Crippen LogP contribution in [-0.4, -0.2) is 26.4 Å². The van der Waals surface area contributed by atoms with Crippen molar-refractivity contribution in [3.63, 3.8) is 0 Å². The normalized spacial score (nSPS) is 23.9. The molecule has 1 aliphatic carbocycles. The fourth-order valence-corrected chi connectivity index (χ4v) is 2.44. The van der Waals surface area contributed by atoms with E-state index in [-0.39, 0.29) is 5.60 Å². The average molecular weight is 221 g/mol. The van der Waals surface area contributed by atoms with E-state index in [1.54, 1.807) is 14.2 Å². The quantitative estimate of drug-likeness (QED) is 0.841. The van der Waals surface area contributed by atoms with Crippen LogP contribution in [0.5, 0.6) is 5.75 Å². The highest BCUT2D eigenvalue weighted by Gasteiger charge is 2.34. The van der Waals surface area contributed by atoms with Crippen LogP contribution in [0, 0.1) is 0 Å². The van der Waals surface area contributed by atoms with E-state index in [1.807, 2.05) is 12.1 Å². The molecule has 0 aromatic heterocycles. The average Bonchev–Trinajstić information content (AvgIpc) is 2.37. The molecule has 3 heteroatoms. The molecule has 2 rings (SSSR count). The molecular weight excluding hydrogens is 202 g/mol. The van der Waals surface area contributed by atoms with Crippen LogP contribution in [0.3, 0.4) is 0 Å². The summed E-state index contributed by atoms with van der Waals surface area (Å²) >= 11 is 0. The van der Waals surface area contributed by atoms with E-state index in [0.717, 1.165) is 25.0 Å². The second-order valence-corrected chi connectivity index (χ2v) is 4.37. The molecular formula is C13H19NO2. The van der Waals surface area contributed by atoms with Crippen molar-refractivity contribution in [2.24, 2.45) is 5.73 Å². The van der Waals surface area contributed by atoms with Crippen LogP contribution in [0.1, 0.15) is 17.5 Å². The van der Waals surface area contributed by atoms with Gasteiger partial charge in [-0.05, 0) is 24.5 Å². The predicted octanol–water partition coefficient (Wildman–Crippen LogP) is 1.53. The molecule has 0 aliphatic heterocycles. The molecule has 1 atom stereocenters. The summed E-state index contributed by atoms with van der Waals surface area (Å²) < 4.78 is 11.0. The van der Waals surface area contributed by atoms with Gasteiger partial charge in [0.1, 0.15) is 5.75 Å². The van der Waals surface area contributed by atoms with Crippen molar-refractivity contribution in [2.75, 3.05) is 20.8 Å². The fraction of sp³-hybridized carbons (Fsp3) is 0.538. The summed E-state index contributed by atoms with van der Waals surface area (Å²) in [7, 11) is 3.45. The van der Waals surface area contributed by atoms with Crippen molar-refractivity contribution < 1.29 is 9.47 Å². The Bertz CT molecular complexity index is 358. The van der Waals surface area contributed by atoms with Gasteiger partial charge in [0.05, 0.1) is 12.7 Å². The van der Waals surface area contributed by atoms with Crippen molar-refractivity contribution >= 4 is 0 Å². The molecule has 0 bridgehead atoms. The third-order valence-corrected chi connectivity index (χ3v) is 3.60. The van der Waals surface area contributed by atoms with Crippen molar-refractivity contribution in [3.05, 3.63) is 29.3 Å². The maximum absolute atomic E-state index is 5.83. The Balaban J connectivity index is 2.37. The Morgan fingerprint density at radius 1 is 1.38 bits per heavy atom. The van der Waals surface area contributed by atoms with Gasteiger partial charge in [0.15, 0.2) is 0 Å². The zero-order valence-corrected chi connectivity index (χ0v) is 9.95. The van der Waals surface area contributed by atoms with Gasteiger partial charge in [-0.3, -0.25) is 0 Å². The Morgan fingerprint density at radius 3 is 2.81 bits per heavy atom. The molecule has 1 unspecified atom stereocenters. The molecule has 0 saturated heterocycles. The van der Waals surface area contributed by atoms with Crippen LogP contribution in [0.4, 0.5) is 0 Å². The minimum atomic E-state index is -0.207. The van der Waals surface area contributed by atoms with Gasteiger partial charge in [0.2, 0.25) is 0 Å². The number of hydrogen-bond acceptors (Lipinski definition) is 3. The number of fused-ring (bicyclic) bond motifs is 1. The van der Waals surface area contributed by atoms with E-state index >= 15 is 0 Å². The minimum absolute atomic E-state index is 0.207.